The number of aromatic nitrogens is 1. The Morgan fingerprint density at radius 3 is 2.61 bits per heavy atom. The van der Waals surface area contributed by atoms with Gasteiger partial charge in [0.15, 0.2) is 11.8 Å². The number of guanidine groups is 1. The SMILES string of the molecule is CCCCOC(=O)C(Cc1ccccc1)NC(=O)c1ccc2c(Cl)cnc(N=C(N)N)c2c1. The fourth-order valence-electron chi connectivity index (χ4n) is 3.25. The number of nitrogens with one attached hydrogen (secondary N) is 1. The number of ether oxygens (including phenoxy) is 1. The fourth-order valence-corrected chi connectivity index (χ4v) is 3.46. The van der Waals surface area contributed by atoms with Crippen molar-refractivity contribution in [2.75, 3.05) is 6.61 Å². The van der Waals surface area contributed by atoms with Gasteiger partial charge in [0.05, 0.1) is 11.6 Å². The zero-order chi connectivity index (χ0) is 23.8. The van der Waals surface area contributed by atoms with Crippen molar-refractivity contribution in [3.05, 3.63) is 70.9 Å². The molecule has 3 aromatic rings. The molecule has 1 heterocycles. The van der Waals surface area contributed by atoms with Gasteiger partial charge >= 0.3 is 5.97 Å². The third-order valence-electron chi connectivity index (χ3n) is 4.93. The van der Waals surface area contributed by atoms with Crippen molar-refractivity contribution in [1.29, 1.82) is 0 Å². The summed E-state index contributed by atoms with van der Waals surface area (Å²) in [6, 6.07) is 13.5. The van der Waals surface area contributed by atoms with Crippen LogP contribution in [0, 0.1) is 0 Å². The topological polar surface area (TPSA) is 133 Å². The summed E-state index contributed by atoms with van der Waals surface area (Å²) in [6.45, 7) is 2.31. The van der Waals surface area contributed by atoms with Gasteiger partial charge < -0.3 is 21.5 Å². The average Bonchev–Trinajstić information content (AvgIpc) is 2.80. The first kappa shape index (κ1) is 24.0. The standard InChI is InChI=1S/C24H26ClN5O3/c1-2-3-11-33-23(32)20(12-15-7-5-4-6-8-15)29-22(31)16-9-10-17-18(13-16)21(30-24(26)27)28-14-19(17)25/h4-10,13-14,20H,2-3,11-12H2,1H3,(H,29,31)(H4,26,27,28,30). The average molecular weight is 468 g/mol. The highest BCUT2D eigenvalue weighted by Gasteiger charge is 2.24. The number of hydrogen-bond acceptors (Lipinski definition) is 5. The summed E-state index contributed by atoms with van der Waals surface area (Å²) < 4.78 is 5.38. The lowest BCUT2D eigenvalue weighted by molar-refractivity contribution is -0.146. The zero-order valence-electron chi connectivity index (χ0n) is 18.3. The van der Waals surface area contributed by atoms with Gasteiger partial charge in [-0.2, -0.15) is 4.99 Å². The molecule has 0 fully saturated rings. The van der Waals surface area contributed by atoms with Crippen LogP contribution < -0.4 is 16.8 Å². The summed E-state index contributed by atoms with van der Waals surface area (Å²) in [5.74, 6) is -0.851. The molecule has 0 bridgehead atoms. The van der Waals surface area contributed by atoms with Gasteiger partial charge in [0.2, 0.25) is 0 Å². The van der Waals surface area contributed by atoms with Crippen molar-refractivity contribution >= 4 is 46.0 Å². The van der Waals surface area contributed by atoms with Crippen LogP contribution in [0.5, 0.6) is 0 Å². The first-order valence-corrected chi connectivity index (χ1v) is 11.0. The quantitative estimate of drug-likeness (QED) is 0.191. The minimum atomic E-state index is -0.845. The molecule has 0 aliphatic carbocycles. The van der Waals surface area contributed by atoms with E-state index in [9.17, 15) is 9.59 Å². The molecule has 172 valence electrons. The van der Waals surface area contributed by atoms with Gasteiger partial charge in [-0.25, -0.2) is 9.78 Å². The molecule has 0 aliphatic rings. The minimum Gasteiger partial charge on any atom is -0.464 e. The van der Waals surface area contributed by atoms with Crippen molar-refractivity contribution < 1.29 is 14.3 Å². The van der Waals surface area contributed by atoms with E-state index in [0.29, 0.717) is 34.4 Å². The predicted molar refractivity (Wildman–Crippen MR) is 129 cm³/mol. The lowest BCUT2D eigenvalue weighted by Crippen LogP contribution is -2.43. The monoisotopic (exact) mass is 467 g/mol. The van der Waals surface area contributed by atoms with Crippen LogP contribution in [0.1, 0.15) is 35.7 Å². The molecular weight excluding hydrogens is 442 g/mol. The van der Waals surface area contributed by atoms with E-state index >= 15 is 0 Å². The smallest absolute Gasteiger partial charge is 0.328 e. The van der Waals surface area contributed by atoms with Crippen LogP contribution >= 0.6 is 11.6 Å². The van der Waals surface area contributed by atoms with E-state index in [4.69, 9.17) is 27.8 Å². The Hall–Kier alpha value is -3.65. The Morgan fingerprint density at radius 1 is 1.15 bits per heavy atom. The van der Waals surface area contributed by atoms with E-state index < -0.39 is 17.9 Å². The normalized spacial score (nSPS) is 11.6. The number of fused-ring (bicyclic) bond motifs is 1. The van der Waals surface area contributed by atoms with E-state index in [2.05, 4.69) is 15.3 Å². The number of benzene rings is 2. The van der Waals surface area contributed by atoms with Gasteiger partial charge in [-0.15, -0.1) is 0 Å². The Kier molecular flexibility index (Phi) is 8.21. The number of nitrogens with zero attached hydrogens (tertiary/aromatic N) is 2. The van der Waals surface area contributed by atoms with E-state index in [-0.39, 0.29) is 11.8 Å². The molecule has 3 rings (SSSR count). The number of pyridine rings is 1. The number of rotatable bonds is 9. The Labute approximate surface area is 197 Å². The van der Waals surface area contributed by atoms with Gasteiger partial charge in [-0.3, -0.25) is 4.79 Å². The molecule has 1 atom stereocenters. The van der Waals surface area contributed by atoms with Crippen molar-refractivity contribution in [2.24, 2.45) is 16.5 Å². The molecule has 0 spiro atoms. The van der Waals surface area contributed by atoms with Crippen LogP contribution in [-0.4, -0.2) is 35.5 Å². The number of carbonyl (C=O) groups excluding carboxylic acids is 2. The van der Waals surface area contributed by atoms with E-state index in [1.54, 1.807) is 18.2 Å². The summed E-state index contributed by atoms with van der Waals surface area (Å²) in [6.07, 6.45) is 3.39. The van der Waals surface area contributed by atoms with E-state index in [0.717, 1.165) is 18.4 Å². The molecule has 9 heteroatoms. The van der Waals surface area contributed by atoms with Crippen molar-refractivity contribution in [3.8, 4) is 0 Å². The molecule has 0 aliphatic heterocycles. The van der Waals surface area contributed by atoms with Crippen LogP contribution in [0.3, 0.4) is 0 Å². The second-order valence-electron chi connectivity index (χ2n) is 7.46. The molecule has 1 amide bonds. The van der Waals surface area contributed by atoms with Gasteiger partial charge in [-0.05, 0) is 24.1 Å². The molecular formula is C24H26ClN5O3. The number of esters is 1. The van der Waals surface area contributed by atoms with Crippen LogP contribution in [-0.2, 0) is 16.0 Å². The third-order valence-corrected chi connectivity index (χ3v) is 5.23. The highest BCUT2D eigenvalue weighted by Crippen LogP contribution is 2.30. The molecule has 33 heavy (non-hydrogen) atoms. The molecule has 1 aromatic heterocycles. The first-order chi connectivity index (χ1) is 15.9. The molecule has 2 aromatic carbocycles. The number of halogens is 1. The highest BCUT2D eigenvalue weighted by atomic mass is 35.5. The number of nitrogens with two attached hydrogens (primary N) is 2. The number of amides is 1. The zero-order valence-corrected chi connectivity index (χ0v) is 19.0. The maximum atomic E-state index is 13.1. The fraction of sp³-hybridized carbons (Fsp3) is 0.250. The molecule has 0 saturated carbocycles. The molecule has 0 radical (unpaired) electrons. The van der Waals surface area contributed by atoms with E-state index in [1.807, 2.05) is 37.3 Å². The number of unbranched alkanes of at least 4 members (excludes halogenated alkanes) is 1. The summed E-state index contributed by atoms with van der Waals surface area (Å²) in [5, 5.41) is 4.34. The van der Waals surface area contributed by atoms with Gasteiger partial charge in [0.25, 0.3) is 5.91 Å². The number of hydrogen-bond donors (Lipinski definition) is 3. The largest absolute Gasteiger partial charge is 0.464 e. The van der Waals surface area contributed by atoms with Gasteiger partial charge in [0, 0.05) is 29.0 Å². The van der Waals surface area contributed by atoms with Crippen LogP contribution in [0.4, 0.5) is 5.82 Å². The molecule has 5 N–H and O–H groups in total. The Balaban J connectivity index is 1.88. The maximum absolute atomic E-state index is 13.1. The lowest BCUT2D eigenvalue weighted by Gasteiger charge is -2.18. The van der Waals surface area contributed by atoms with E-state index in [1.165, 1.54) is 6.20 Å². The first-order valence-electron chi connectivity index (χ1n) is 10.6. The van der Waals surface area contributed by atoms with Crippen LogP contribution in [0.15, 0.2) is 59.7 Å². The predicted octanol–water partition coefficient (Wildman–Crippen LogP) is 3.48. The maximum Gasteiger partial charge on any atom is 0.328 e. The lowest BCUT2D eigenvalue weighted by atomic mass is 10.0. The van der Waals surface area contributed by atoms with Crippen molar-refractivity contribution in [1.82, 2.24) is 10.3 Å². The minimum absolute atomic E-state index is 0.168. The number of carbonyl (C=O) groups is 2. The Bertz CT molecular complexity index is 1160. The summed E-state index contributed by atoms with van der Waals surface area (Å²) in [5.41, 5.74) is 12.2. The third kappa shape index (κ3) is 6.43. The van der Waals surface area contributed by atoms with Crippen LogP contribution in [0.2, 0.25) is 5.02 Å². The summed E-state index contributed by atoms with van der Waals surface area (Å²) in [4.78, 5) is 34.0. The summed E-state index contributed by atoms with van der Waals surface area (Å²) >= 11 is 6.24. The second kappa shape index (κ2) is 11.3. The van der Waals surface area contributed by atoms with Crippen LogP contribution in [0.25, 0.3) is 10.8 Å². The summed E-state index contributed by atoms with van der Waals surface area (Å²) in [7, 11) is 0. The Morgan fingerprint density at radius 2 is 1.91 bits per heavy atom. The molecule has 1 unspecified atom stereocenters. The van der Waals surface area contributed by atoms with Gasteiger partial charge in [0.1, 0.15) is 6.04 Å². The van der Waals surface area contributed by atoms with Gasteiger partial charge in [-0.1, -0.05) is 61.3 Å². The van der Waals surface area contributed by atoms with Crippen molar-refractivity contribution in [2.45, 2.75) is 32.2 Å². The molecule has 0 saturated heterocycles. The highest BCUT2D eigenvalue weighted by molar-refractivity contribution is 6.35. The molecule has 8 nitrogen and oxygen atoms in total. The van der Waals surface area contributed by atoms with Crippen molar-refractivity contribution in [3.63, 3.8) is 0 Å². The number of aliphatic imine (C=N–C) groups is 1. The second-order valence-corrected chi connectivity index (χ2v) is 7.87.